The van der Waals surface area contributed by atoms with Crippen LogP contribution in [0.5, 0.6) is 0 Å². The summed E-state index contributed by atoms with van der Waals surface area (Å²) in [5.41, 5.74) is 3.50. The number of unbranched alkanes of at least 4 members (excludes halogenated alkanes) is 3. The zero-order valence-electron chi connectivity index (χ0n) is 20.1. The van der Waals surface area contributed by atoms with Crippen LogP contribution in [0, 0.1) is 5.92 Å². The van der Waals surface area contributed by atoms with E-state index in [9.17, 15) is 0 Å². The molecule has 2 unspecified atom stereocenters. The molecule has 1 aromatic carbocycles. The zero-order chi connectivity index (χ0) is 22.5. The number of benzene rings is 1. The molecule has 0 saturated heterocycles. The monoisotopic (exact) mass is 421 g/mol. The Morgan fingerprint density at radius 3 is 2.45 bits per heavy atom. The molecular weight excluding hydrogens is 378 g/mol. The summed E-state index contributed by atoms with van der Waals surface area (Å²) in [7, 11) is 0. The van der Waals surface area contributed by atoms with Crippen LogP contribution in [-0.2, 0) is 11.2 Å². The highest BCUT2D eigenvalue weighted by Gasteiger charge is 2.20. The van der Waals surface area contributed by atoms with Crippen LogP contribution in [0.25, 0.3) is 0 Å². The molecule has 1 aromatic rings. The molecule has 31 heavy (non-hydrogen) atoms. The van der Waals surface area contributed by atoms with Crippen molar-refractivity contribution in [1.82, 2.24) is 0 Å². The van der Waals surface area contributed by atoms with Crippen molar-refractivity contribution >= 4 is 5.69 Å². The summed E-state index contributed by atoms with van der Waals surface area (Å²) >= 11 is 0. The van der Waals surface area contributed by atoms with Crippen LogP contribution in [-0.4, -0.2) is 12.6 Å². The SMILES string of the molecule is C=CC(=C)N(c1ccc(CCCCC)cc1)C1C=CC(OCC(CC)CCCC)=CC1. The fraction of sp³-hybridized carbons (Fsp3) is 0.517. The lowest BCUT2D eigenvalue weighted by atomic mass is 10.0. The smallest absolute Gasteiger partial charge is 0.115 e. The number of nitrogens with zero attached hydrogens (tertiary/aromatic N) is 1. The lowest BCUT2D eigenvalue weighted by Gasteiger charge is -2.33. The molecule has 2 rings (SSSR count). The van der Waals surface area contributed by atoms with Crippen LogP contribution in [0.2, 0.25) is 0 Å². The van der Waals surface area contributed by atoms with Gasteiger partial charge in [-0.15, -0.1) is 0 Å². The van der Waals surface area contributed by atoms with Gasteiger partial charge in [-0.05, 0) is 67.5 Å². The molecule has 0 bridgehead atoms. The topological polar surface area (TPSA) is 12.5 Å². The maximum atomic E-state index is 6.13. The summed E-state index contributed by atoms with van der Waals surface area (Å²) in [5.74, 6) is 1.65. The average Bonchev–Trinajstić information content (AvgIpc) is 2.81. The van der Waals surface area contributed by atoms with Crippen LogP contribution in [0.15, 0.2) is 73.2 Å². The molecule has 0 radical (unpaired) electrons. The Kier molecular flexibility index (Phi) is 11.3. The van der Waals surface area contributed by atoms with Gasteiger partial charge in [0.05, 0.1) is 12.6 Å². The number of aryl methyl sites for hydroxylation is 1. The molecule has 2 atom stereocenters. The maximum Gasteiger partial charge on any atom is 0.115 e. The quantitative estimate of drug-likeness (QED) is 0.208. The summed E-state index contributed by atoms with van der Waals surface area (Å²) < 4.78 is 6.13. The van der Waals surface area contributed by atoms with E-state index in [0.717, 1.165) is 30.9 Å². The van der Waals surface area contributed by atoms with Crippen molar-refractivity contribution in [2.24, 2.45) is 5.92 Å². The Hall–Kier alpha value is -2.22. The van der Waals surface area contributed by atoms with Crippen LogP contribution in [0.1, 0.15) is 77.7 Å². The highest BCUT2D eigenvalue weighted by molar-refractivity contribution is 5.57. The normalized spacial score (nSPS) is 16.5. The second kappa shape index (κ2) is 14.0. The summed E-state index contributed by atoms with van der Waals surface area (Å²) in [5, 5.41) is 0. The fourth-order valence-corrected chi connectivity index (χ4v) is 4.07. The van der Waals surface area contributed by atoms with E-state index in [1.54, 1.807) is 0 Å². The zero-order valence-corrected chi connectivity index (χ0v) is 20.1. The molecule has 170 valence electrons. The summed E-state index contributed by atoms with van der Waals surface area (Å²) in [6.07, 6.45) is 19.3. The van der Waals surface area contributed by atoms with Gasteiger partial charge in [-0.2, -0.15) is 0 Å². The van der Waals surface area contributed by atoms with Crippen molar-refractivity contribution in [2.45, 2.75) is 84.6 Å². The molecule has 2 heteroatoms. The van der Waals surface area contributed by atoms with Gasteiger partial charge in [0.25, 0.3) is 0 Å². The molecule has 0 saturated carbocycles. The highest BCUT2D eigenvalue weighted by atomic mass is 16.5. The third-order valence-electron chi connectivity index (χ3n) is 6.23. The second-order valence-electron chi connectivity index (χ2n) is 8.69. The molecule has 0 fully saturated rings. The number of hydrogen-bond acceptors (Lipinski definition) is 2. The first-order chi connectivity index (χ1) is 15.1. The molecular formula is C29H43NO. The molecule has 1 aliphatic rings. The van der Waals surface area contributed by atoms with E-state index >= 15 is 0 Å². The Bertz CT molecular complexity index is 728. The molecule has 2 nitrogen and oxygen atoms in total. The van der Waals surface area contributed by atoms with E-state index in [-0.39, 0.29) is 6.04 Å². The number of anilines is 1. The number of allylic oxidation sites excluding steroid dienone is 2. The molecule has 0 amide bonds. The summed E-state index contributed by atoms with van der Waals surface area (Å²) in [6, 6.07) is 9.18. The number of rotatable bonds is 15. The van der Waals surface area contributed by atoms with E-state index in [0.29, 0.717) is 5.92 Å². The predicted octanol–water partition coefficient (Wildman–Crippen LogP) is 8.37. The largest absolute Gasteiger partial charge is 0.494 e. The van der Waals surface area contributed by atoms with E-state index in [4.69, 9.17) is 4.74 Å². The Morgan fingerprint density at radius 2 is 1.87 bits per heavy atom. The lowest BCUT2D eigenvalue weighted by molar-refractivity contribution is 0.163. The van der Waals surface area contributed by atoms with Gasteiger partial charge >= 0.3 is 0 Å². The average molecular weight is 422 g/mol. The maximum absolute atomic E-state index is 6.13. The lowest BCUT2D eigenvalue weighted by Crippen LogP contribution is -2.33. The van der Waals surface area contributed by atoms with Crippen LogP contribution >= 0.6 is 0 Å². The standard InChI is InChI=1S/C29H43NO/c1-6-10-12-14-26-15-17-27(18-16-26)30(24(5)8-3)28-19-21-29(22-20-28)31-23-25(9-4)13-11-7-2/h8,15-19,21-22,25,28H,3,5-7,9-14,20,23H2,1-2,4H3. The van der Waals surface area contributed by atoms with Gasteiger partial charge in [-0.25, -0.2) is 0 Å². The first-order valence-electron chi connectivity index (χ1n) is 12.3. The van der Waals surface area contributed by atoms with E-state index < -0.39 is 0 Å². The minimum atomic E-state index is 0.228. The van der Waals surface area contributed by atoms with Crippen LogP contribution < -0.4 is 4.90 Å². The van der Waals surface area contributed by atoms with E-state index in [1.807, 2.05) is 6.08 Å². The highest BCUT2D eigenvalue weighted by Crippen LogP contribution is 2.28. The summed E-state index contributed by atoms with van der Waals surface area (Å²) in [4.78, 5) is 2.28. The third kappa shape index (κ3) is 8.09. The van der Waals surface area contributed by atoms with E-state index in [1.165, 1.54) is 56.2 Å². The number of hydrogen-bond donors (Lipinski definition) is 0. The third-order valence-corrected chi connectivity index (χ3v) is 6.23. The molecule has 0 aromatic heterocycles. The Labute approximate surface area is 191 Å². The van der Waals surface area contributed by atoms with Crippen molar-refractivity contribution < 1.29 is 4.74 Å². The Balaban J connectivity index is 1.99. The summed E-state index contributed by atoms with van der Waals surface area (Å²) in [6.45, 7) is 15.8. The van der Waals surface area contributed by atoms with Crippen LogP contribution in [0.4, 0.5) is 5.69 Å². The molecule has 0 spiro atoms. The van der Waals surface area contributed by atoms with Gasteiger partial charge in [-0.1, -0.05) is 84.2 Å². The van der Waals surface area contributed by atoms with Crippen molar-refractivity contribution in [3.05, 3.63) is 78.7 Å². The molecule has 1 aliphatic carbocycles. The first kappa shape index (κ1) is 25.0. The van der Waals surface area contributed by atoms with Gasteiger partial charge in [0, 0.05) is 11.4 Å². The second-order valence-corrected chi connectivity index (χ2v) is 8.69. The molecule has 0 N–H and O–H groups in total. The van der Waals surface area contributed by atoms with Crippen LogP contribution in [0.3, 0.4) is 0 Å². The van der Waals surface area contributed by atoms with Gasteiger partial charge in [0.2, 0.25) is 0 Å². The van der Waals surface area contributed by atoms with Crippen molar-refractivity contribution in [2.75, 3.05) is 11.5 Å². The first-order valence-corrected chi connectivity index (χ1v) is 12.3. The fourth-order valence-electron chi connectivity index (χ4n) is 4.07. The van der Waals surface area contributed by atoms with Gasteiger partial charge in [0.15, 0.2) is 0 Å². The molecule has 0 heterocycles. The van der Waals surface area contributed by atoms with Crippen molar-refractivity contribution in [1.29, 1.82) is 0 Å². The predicted molar refractivity (Wildman–Crippen MR) is 136 cm³/mol. The number of ether oxygens (including phenoxy) is 1. The van der Waals surface area contributed by atoms with Crippen molar-refractivity contribution in [3.8, 4) is 0 Å². The minimum absolute atomic E-state index is 0.228. The van der Waals surface area contributed by atoms with E-state index in [2.05, 4.69) is 81.3 Å². The minimum Gasteiger partial charge on any atom is -0.494 e. The van der Waals surface area contributed by atoms with Gasteiger partial charge < -0.3 is 9.64 Å². The van der Waals surface area contributed by atoms with Crippen molar-refractivity contribution in [3.63, 3.8) is 0 Å². The molecule has 0 aliphatic heterocycles. The van der Waals surface area contributed by atoms with Gasteiger partial charge in [0.1, 0.15) is 5.76 Å². The Morgan fingerprint density at radius 1 is 1.13 bits per heavy atom. The van der Waals surface area contributed by atoms with Gasteiger partial charge in [-0.3, -0.25) is 0 Å².